The van der Waals surface area contributed by atoms with Gasteiger partial charge < -0.3 is 5.32 Å². The number of aryl methyl sites for hydroxylation is 1. The highest BCUT2D eigenvalue weighted by Gasteiger charge is 2.12. The normalized spacial score (nSPS) is 12.5. The molecule has 0 radical (unpaired) electrons. The molecular weight excluding hydrogens is 213 g/mol. The van der Waals surface area contributed by atoms with Crippen LogP contribution in [0.2, 0.25) is 0 Å². The summed E-state index contributed by atoms with van der Waals surface area (Å²) in [7, 11) is 0. The number of hydrogen-bond donors (Lipinski definition) is 1. The Labute approximate surface area is 104 Å². The number of nitrogens with one attached hydrogen (secondary N) is 1. The van der Waals surface area contributed by atoms with Gasteiger partial charge in [-0.2, -0.15) is 0 Å². The fraction of sp³-hybridized carbons (Fsp3) is 0.467. The molecule has 17 heavy (non-hydrogen) atoms. The first-order valence-electron chi connectivity index (χ1n) is 6.24. The molecule has 0 saturated carbocycles. The van der Waals surface area contributed by atoms with E-state index in [4.69, 9.17) is 0 Å². The third kappa shape index (κ3) is 3.97. The molecule has 1 aromatic carbocycles. The first-order chi connectivity index (χ1) is 8.08. The Morgan fingerprint density at radius 3 is 2.65 bits per heavy atom. The van der Waals surface area contributed by atoms with Crippen molar-refractivity contribution < 1.29 is 4.39 Å². The Morgan fingerprint density at radius 2 is 2.12 bits per heavy atom. The van der Waals surface area contributed by atoms with Crippen LogP contribution in [0.5, 0.6) is 0 Å². The van der Waals surface area contributed by atoms with Gasteiger partial charge in [-0.1, -0.05) is 38.1 Å². The van der Waals surface area contributed by atoms with Crippen LogP contribution in [0, 0.1) is 12.7 Å². The van der Waals surface area contributed by atoms with Gasteiger partial charge in [0.15, 0.2) is 0 Å². The molecule has 0 saturated heterocycles. The van der Waals surface area contributed by atoms with Crippen molar-refractivity contribution in [3.8, 4) is 0 Å². The zero-order valence-electron chi connectivity index (χ0n) is 11.0. The molecule has 1 aromatic rings. The highest BCUT2D eigenvalue weighted by molar-refractivity contribution is 5.27. The molecule has 0 fully saturated rings. The minimum absolute atomic E-state index is 0.140. The van der Waals surface area contributed by atoms with E-state index < -0.39 is 0 Å². The summed E-state index contributed by atoms with van der Waals surface area (Å²) in [6.45, 7) is 10.9. The highest BCUT2D eigenvalue weighted by Crippen LogP contribution is 2.23. The van der Waals surface area contributed by atoms with Crippen LogP contribution in [0.4, 0.5) is 4.39 Å². The Morgan fingerprint density at radius 1 is 1.41 bits per heavy atom. The van der Waals surface area contributed by atoms with Crippen molar-refractivity contribution in [2.75, 3.05) is 6.54 Å². The van der Waals surface area contributed by atoms with E-state index in [1.807, 2.05) is 12.1 Å². The summed E-state index contributed by atoms with van der Waals surface area (Å²) in [6.07, 6.45) is 1.90. The molecule has 94 valence electrons. The first kappa shape index (κ1) is 13.9. The van der Waals surface area contributed by atoms with E-state index in [1.54, 1.807) is 13.0 Å². The van der Waals surface area contributed by atoms with Crippen molar-refractivity contribution in [2.24, 2.45) is 0 Å². The predicted octanol–water partition coefficient (Wildman–Crippen LogP) is 4.14. The van der Waals surface area contributed by atoms with E-state index in [9.17, 15) is 4.39 Å². The summed E-state index contributed by atoms with van der Waals surface area (Å²) in [5.41, 5.74) is 3.06. The van der Waals surface area contributed by atoms with Gasteiger partial charge in [0, 0.05) is 6.04 Å². The predicted molar refractivity (Wildman–Crippen MR) is 71.6 cm³/mol. The van der Waals surface area contributed by atoms with Gasteiger partial charge in [0.2, 0.25) is 0 Å². The van der Waals surface area contributed by atoms with Crippen LogP contribution in [0.1, 0.15) is 43.9 Å². The van der Waals surface area contributed by atoms with Crippen LogP contribution in [-0.4, -0.2) is 6.54 Å². The van der Waals surface area contributed by atoms with Gasteiger partial charge in [0.25, 0.3) is 0 Å². The average Bonchev–Trinajstić information content (AvgIpc) is 2.32. The molecular formula is C15H22FN. The molecule has 0 bridgehead atoms. The van der Waals surface area contributed by atoms with Gasteiger partial charge in [-0.25, -0.2) is 4.39 Å². The molecule has 0 aliphatic carbocycles. The number of hydrogen-bond acceptors (Lipinski definition) is 1. The lowest BCUT2D eigenvalue weighted by Crippen LogP contribution is -2.21. The fourth-order valence-corrected chi connectivity index (χ4v) is 1.87. The third-order valence-electron chi connectivity index (χ3n) is 3.03. The SMILES string of the molecule is C=C(CC)CC(NCC)c1ccc(F)c(C)c1. The Hall–Kier alpha value is -1.15. The minimum atomic E-state index is -0.140. The van der Waals surface area contributed by atoms with Gasteiger partial charge in [-0.05, 0) is 43.5 Å². The van der Waals surface area contributed by atoms with E-state index in [2.05, 4.69) is 25.7 Å². The standard InChI is InChI=1S/C15H22FN/c1-5-11(3)9-15(17-6-2)13-7-8-14(16)12(4)10-13/h7-8,10,15,17H,3,5-6,9H2,1-2,4H3. The molecule has 1 N–H and O–H groups in total. The largest absolute Gasteiger partial charge is 0.310 e. The van der Waals surface area contributed by atoms with E-state index >= 15 is 0 Å². The first-order valence-corrected chi connectivity index (χ1v) is 6.24. The van der Waals surface area contributed by atoms with Crippen LogP contribution in [0.25, 0.3) is 0 Å². The van der Waals surface area contributed by atoms with Crippen LogP contribution < -0.4 is 5.32 Å². The molecule has 1 rings (SSSR count). The Bertz CT molecular complexity index is 385. The number of halogens is 1. The second-order valence-corrected chi connectivity index (χ2v) is 4.43. The van der Waals surface area contributed by atoms with Crippen molar-refractivity contribution in [2.45, 2.75) is 39.7 Å². The smallest absolute Gasteiger partial charge is 0.126 e. The van der Waals surface area contributed by atoms with Crippen LogP contribution in [-0.2, 0) is 0 Å². The molecule has 0 amide bonds. The summed E-state index contributed by atoms with van der Waals surface area (Å²) >= 11 is 0. The van der Waals surface area contributed by atoms with E-state index in [1.165, 1.54) is 5.57 Å². The molecule has 0 aliphatic rings. The summed E-state index contributed by atoms with van der Waals surface area (Å²) in [5, 5.41) is 3.43. The summed E-state index contributed by atoms with van der Waals surface area (Å²) in [4.78, 5) is 0. The van der Waals surface area contributed by atoms with Crippen molar-refractivity contribution >= 4 is 0 Å². The highest BCUT2D eigenvalue weighted by atomic mass is 19.1. The minimum Gasteiger partial charge on any atom is -0.310 e. The van der Waals surface area contributed by atoms with Crippen LogP contribution in [0.15, 0.2) is 30.4 Å². The summed E-state index contributed by atoms with van der Waals surface area (Å²) in [5.74, 6) is -0.140. The van der Waals surface area contributed by atoms with Crippen molar-refractivity contribution in [3.63, 3.8) is 0 Å². The second-order valence-electron chi connectivity index (χ2n) is 4.43. The summed E-state index contributed by atoms with van der Waals surface area (Å²) < 4.78 is 13.2. The lowest BCUT2D eigenvalue weighted by molar-refractivity contribution is 0.540. The molecule has 1 nitrogen and oxygen atoms in total. The average molecular weight is 235 g/mol. The lowest BCUT2D eigenvalue weighted by Gasteiger charge is -2.20. The summed E-state index contributed by atoms with van der Waals surface area (Å²) in [6, 6.07) is 5.57. The van der Waals surface area contributed by atoms with Gasteiger partial charge in [-0.15, -0.1) is 0 Å². The topological polar surface area (TPSA) is 12.0 Å². The van der Waals surface area contributed by atoms with Gasteiger partial charge in [0.1, 0.15) is 5.82 Å². The molecule has 2 heteroatoms. The van der Waals surface area contributed by atoms with Gasteiger partial charge >= 0.3 is 0 Å². The molecule has 0 heterocycles. The molecule has 1 atom stereocenters. The molecule has 0 aromatic heterocycles. The van der Waals surface area contributed by atoms with E-state index in [-0.39, 0.29) is 11.9 Å². The quantitative estimate of drug-likeness (QED) is 0.731. The van der Waals surface area contributed by atoms with Crippen molar-refractivity contribution in [3.05, 3.63) is 47.3 Å². The van der Waals surface area contributed by atoms with Gasteiger partial charge in [0.05, 0.1) is 0 Å². The Kier molecular flexibility index (Phi) is 5.36. The molecule has 1 unspecified atom stereocenters. The zero-order chi connectivity index (χ0) is 12.8. The monoisotopic (exact) mass is 235 g/mol. The maximum Gasteiger partial charge on any atom is 0.126 e. The maximum absolute atomic E-state index is 13.2. The van der Waals surface area contributed by atoms with Crippen molar-refractivity contribution in [1.82, 2.24) is 5.32 Å². The number of rotatable bonds is 6. The second kappa shape index (κ2) is 6.55. The van der Waals surface area contributed by atoms with Crippen molar-refractivity contribution in [1.29, 1.82) is 0 Å². The fourth-order valence-electron chi connectivity index (χ4n) is 1.87. The molecule has 0 aliphatic heterocycles. The number of benzene rings is 1. The molecule has 0 spiro atoms. The Balaban J connectivity index is 2.88. The third-order valence-corrected chi connectivity index (χ3v) is 3.03. The lowest BCUT2D eigenvalue weighted by atomic mass is 9.97. The van der Waals surface area contributed by atoms with Gasteiger partial charge in [-0.3, -0.25) is 0 Å². The van der Waals surface area contributed by atoms with E-state index in [0.29, 0.717) is 5.56 Å². The maximum atomic E-state index is 13.2. The van der Waals surface area contributed by atoms with E-state index in [0.717, 1.165) is 24.9 Å². The van der Waals surface area contributed by atoms with Crippen LogP contribution in [0.3, 0.4) is 0 Å². The zero-order valence-corrected chi connectivity index (χ0v) is 11.0. The van der Waals surface area contributed by atoms with Crippen LogP contribution >= 0.6 is 0 Å².